The molecule has 1 aromatic heterocycles. The van der Waals surface area contributed by atoms with Crippen molar-refractivity contribution in [2.24, 2.45) is 0 Å². The average molecular weight is 375 g/mol. The van der Waals surface area contributed by atoms with Crippen LogP contribution in [0.2, 0.25) is 0 Å². The van der Waals surface area contributed by atoms with Gasteiger partial charge in [-0.15, -0.1) is 5.10 Å². The number of hydrogen-bond acceptors (Lipinski definition) is 5. The number of ether oxygens (including phenoxy) is 1. The van der Waals surface area contributed by atoms with Crippen LogP contribution in [0.1, 0.15) is 84.2 Å². The molecule has 0 aliphatic carbocycles. The average Bonchev–Trinajstić information content (AvgIpc) is 3.06. The van der Waals surface area contributed by atoms with Crippen LogP contribution in [0, 0.1) is 0 Å². The first-order valence-electron chi connectivity index (χ1n) is 9.82. The van der Waals surface area contributed by atoms with Crippen molar-refractivity contribution in [3.05, 3.63) is 29.1 Å². The number of tetrazole rings is 1. The molecule has 0 aliphatic rings. The Hall–Kier alpha value is -2.11. The molecule has 0 atom stereocenters. The molecule has 2 aromatic rings. The van der Waals surface area contributed by atoms with E-state index < -0.39 is 0 Å². The molecule has 27 heavy (non-hydrogen) atoms. The number of aromatic nitrogens is 4. The minimum absolute atomic E-state index is 0.140. The van der Waals surface area contributed by atoms with Crippen LogP contribution in [0.25, 0.3) is 0 Å². The molecule has 0 saturated carbocycles. The lowest BCUT2D eigenvalue weighted by molar-refractivity contribution is 0.301. The number of benzene rings is 1. The van der Waals surface area contributed by atoms with Gasteiger partial charge in [0.1, 0.15) is 17.3 Å². The maximum atomic E-state index is 10.8. The summed E-state index contributed by atoms with van der Waals surface area (Å²) in [5.41, 5.74) is 1.59. The minimum atomic E-state index is -0.140. The van der Waals surface area contributed by atoms with Crippen LogP contribution >= 0.6 is 0 Å². The molecule has 1 aromatic carbocycles. The Morgan fingerprint density at radius 2 is 1.52 bits per heavy atom. The van der Waals surface area contributed by atoms with E-state index in [0.29, 0.717) is 12.4 Å². The Balaban J connectivity index is 1.89. The molecule has 2 N–H and O–H groups in total. The summed E-state index contributed by atoms with van der Waals surface area (Å²) >= 11 is 0. The van der Waals surface area contributed by atoms with E-state index >= 15 is 0 Å². The van der Waals surface area contributed by atoms with Gasteiger partial charge in [-0.25, -0.2) is 5.10 Å². The number of phenols is 1. The normalized spacial score (nSPS) is 12.4. The molecule has 1 heterocycles. The predicted octanol–water partition coefficient (Wildman–Crippen LogP) is 4.68. The second-order valence-electron chi connectivity index (χ2n) is 9.23. The summed E-state index contributed by atoms with van der Waals surface area (Å²) < 4.78 is 6.04. The number of rotatable bonds is 8. The van der Waals surface area contributed by atoms with E-state index in [1.165, 1.54) is 0 Å². The van der Waals surface area contributed by atoms with Gasteiger partial charge in [-0.2, -0.15) is 0 Å². The molecule has 0 unspecified atom stereocenters. The topological polar surface area (TPSA) is 83.9 Å². The van der Waals surface area contributed by atoms with Gasteiger partial charge in [-0.3, -0.25) is 0 Å². The van der Waals surface area contributed by atoms with Crippen molar-refractivity contribution >= 4 is 0 Å². The Kier molecular flexibility index (Phi) is 6.84. The molecule has 150 valence electrons. The summed E-state index contributed by atoms with van der Waals surface area (Å²) in [6.45, 7) is 13.4. The monoisotopic (exact) mass is 374 g/mol. The van der Waals surface area contributed by atoms with Crippen molar-refractivity contribution in [3.63, 3.8) is 0 Å². The van der Waals surface area contributed by atoms with Crippen LogP contribution in [0.15, 0.2) is 12.1 Å². The van der Waals surface area contributed by atoms with Crippen LogP contribution in [0.5, 0.6) is 11.5 Å². The van der Waals surface area contributed by atoms with Gasteiger partial charge in [0.15, 0.2) is 0 Å². The number of aromatic amines is 1. The molecule has 6 heteroatoms. The maximum Gasteiger partial charge on any atom is 0.148 e. The second-order valence-corrected chi connectivity index (χ2v) is 9.23. The number of aryl methyl sites for hydroxylation is 1. The lowest BCUT2D eigenvalue weighted by Gasteiger charge is -2.28. The van der Waals surface area contributed by atoms with Gasteiger partial charge in [-0.05, 0) is 46.2 Å². The number of H-pyrrole nitrogens is 1. The van der Waals surface area contributed by atoms with Crippen LogP contribution in [-0.2, 0) is 17.3 Å². The van der Waals surface area contributed by atoms with E-state index in [1.54, 1.807) is 0 Å². The lowest BCUT2D eigenvalue weighted by atomic mass is 9.79. The molecule has 0 fully saturated rings. The van der Waals surface area contributed by atoms with Crippen molar-refractivity contribution in [1.82, 2.24) is 20.6 Å². The van der Waals surface area contributed by atoms with Gasteiger partial charge >= 0.3 is 0 Å². The Labute approximate surface area is 162 Å². The zero-order chi connectivity index (χ0) is 20.1. The maximum absolute atomic E-state index is 10.8. The minimum Gasteiger partial charge on any atom is -0.507 e. The highest BCUT2D eigenvalue weighted by Gasteiger charge is 2.26. The SMILES string of the molecule is CC(C)(C)c1cc(OCCCCCCc2nnn[nH]2)cc(C(C)(C)C)c1O. The van der Waals surface area contributed by atoms with Crippen LogP contribution in [0.4, 0.5) is 0 Å². The van der Waals surface area contributed by atoms with Gasteiger partial charge in [0.05, 0.1) is 6.61 Å². The fourth-order valence-corrected chi connectivity index (χ4v) is 3.06. The number of nitrogens with one attached hydrogen (secondary N) is 1. The molecule has 0 amide bonds. The molecule has 0 aliphatic heterocycles. The summed E-state index contributed by atoms with van der Waals surface area (Å²) in [5, 5.41) is 24.6. The number of phenolic OH excluding ortho intramolecular Hbond substituents is 1. The van der Waals surface area contributed by atoms with Crippen molar-refractivity contribution in [1.29, 1.82) is 0 Å². The van der Waals surface area contributed by atoms with E-state index in [4.69, 9.17) is 4.74 Å². The first-order valence-corrected chi connectivity index (χ1v) is 9.82. The summed E-state index contributed by atoms with van der Waals surface area (Å²) in [4.78, 5) is 0. The molecular weight excluding hydrogens is 340 g/mol. The van der Waals surface area contributed by atoms with Crippen molar-refractivity contribution in [2.75, 3.05) is 6.61 Å². The largest absolute Gasteiger partial charge is 0.507 e. The lowest BCUT2D eigenvalue weighted by Crippen LogP contribution is -2.17. The first-order chi connectivity index (χ1) is 12.6. The van der Waals surface area contributed by atoms with Crippen LogP contribution in [0.3, 0.4) is 0 Å². The molecule has 0 saturated heterocycles. The van der Waals surface area contributed by atoms with Gasteiger partial charge in [0, 0.05) is 17.5 Å². The smallest absolute Gasteiger partial charge is 0.148 e. The molecule has 2 rings (SSSR count). The summed E-state index contributed by atoms with van der Waals surface area (Å²) in [7, 11) is 0. The predicted molar refractivity (Wildman–Crippen MR) is 107 cm³/mol. The molecule has 0 radical (unpaired) electrons. The quantitative estimate of drug-likeness (QED) is 0.655. The van der Waals surface area contributed by atoms with Gasteiger partial charge in [0.2, 0.25) is 0 Å². The van der Waals surface area contributed by atoms with Crippen LogP contribution < -0.4 is 4.74 Å². The Morgan fingerprint density at radius 3 is 2.04 bits per heavy atom. The molecular formula is C21H34N4O2. The zero-order valence-electron chi connectivity index (χ0n) is 17.6. The van der Waals surface area contributed by atoms with Gasteiger partial charge < -0.3 is 9.84 Å². The third-order valence-corrected chi connectivity index (χ3v) is 4.67. The highest BCUT2D eigenvalue weighted by atomic mass is 16.5. The summed E-state index contributed by atoms with van der Waals surface area (Å²) in [5.74, 6) is 2.08. The van der Waals surface area contributed by atoms with Gasteiger partial charge in [0.25, 0.3) is 0 Å². The Bertz CT molecular complexity index is 678. The van der Waals surface area contributed by atoms with Crippen molar-refractivity contribution < 1.29 is 9.84 Å². The summed E-state index contributed by atoms with van der Waals surface area (Å²) in [6.07, 6.45) is 5.19. The molecule has 0 bridgehead atoms. The highest BCUT2D eigenvalue weighted by Crippen LogP contribution is 2.41. The van der Waals surface area contributed by atoms with Crippen molar-refractivity contribution in [3.8, 4) is 11.5 Å². The number of aromatic hydroxyl groups is 1. The van der Waals surface area contributed by atoms with Crippen LogP contribution in [-0.4, -0.2) is 32.3 Å². The van der Waals surface area contributed by atoms with E-state index in [0.717, 1.165) is 54.8 Å². The molecule has 6 nitrogen and oxygen atoms in total. The Morgan fingerprint density at radius 1 is 0.926 bits per heavy atom. The number of nitrogens with zero attached hydrogens (tertiary/aromatic N) is 3. The molecule has 0 spiro atoms. The fourth-order valence-electron chi connectivity index (χ4n) is 3.06. The van der Waals surface area contributed by atoms with E-state index in [9.17, 15) is 5.11 Å². The van der Waals surface area contributed by atoms with E-state index in [1.807, 2.05) is 12.1 Å². The fraction of sp³-hybridized carbons (Fsp3) is 0.667. The third-order valence-electron chi connectivity index (χ3n) is 4.67. The van der Waals surface area contributed by atoms with E-state index in [-0.39, 0.29) is 10.8 Å². The number of hydrogen-bond donors (Lipinski definition) is 2. The summed E-state index contributed by atoms with van der Waals surface area (Å²) in [6, 6.07) is 3.98. The van der Waals surface area contributed by atoms with Crippen molar-refractivity contribution in [2.45, 2.75) is 84.5 Å². The standard InChI is InChI=1S/C21H34N4O2/c1-20(2,3)16-13-15(14-17(19(16)26)21(4,5)6)27-12-10-8-7-9-11-18-22-24-25-23-18/h13-14,26H,7-12H2,1-6H3,(H,22,23,24,25). The third kappa shape index (κ3) is 6.22. The second kappa shape index (κ2) is 8.72. The van der Waals surface area contributed by atoms with Gasteiger partial charge in [-0.1, -0.05) is 54.4 Å². The first kappa shape index (κ1) is 21.2. The highest BCUT2D eigenvalue weighted by molar-refractivity contribution is 5.51. The van der Waals surface area contributed by atoms with E-state index in [2.05, 4.69) is 62.2 Å². The zero-order valence-corrected chi connectivity index (χ0v) is 17.6. The number of unbranched alkanes of at least 4 members (excludes halogenated alkanes) is 3.